The lowest BCUT2D eigenvalue weighted by atomic mass is 10.1. The molecule has 3 heteroatoms. The molecule has 14 heavy (non-hydrogen) atoms. The van der Waals surface area contributed by atoms with Gasteiger partial charge in [-0.25, -0.2) is 4.39 Å². The van der Waals surface area contributed by atoms with Crippen LogP contribution in [0.1, 0.15) is 5.56 Å². The number of hydrogen-bond donors (Lipinski definition) is 0. The Kier molecular flexibility index (Phi) is 2.31. The van der Waals surface area contributed by atoms with Crippen LogP contribution in [-0.2, 0) is 4.79 Å². The van der Waals surface area contributed by atoms with Crippen LogP contribution >= 0.6 is 0 Å². The molecule has 0 N–H and O–H groups in total. The van der Waals surface area contributed by atoms with E-state index in [1.165, 1.54) is 12.1 Å². The molecule has 0 atom stereocenters. The van der Waals surface area contributed by atoms with Crippen molar-refractivity contribution in [1.82, 2.24) is 4.90 Å². The van der Waals surface area contributed by atoms with Crippen molar-refractivity contribution in [3.8, 4) is 0 Å². The van der Waals surface area contributed by atoms with Crippen LogP contribution in [-0.4, -0.2) is 24.4 Å². The van der Waals surface area contributed by atoms with Gasteiger partial charge in [-0.1, -0.05) is 18.2 Å². The smallest absolute Gasteiger partial charge is 0.210 e. The molecule has 2 nitrogen and oxygen atoms in total. The van der Waals surface area contributed by atoms with Gasteiger partial charge in [0.05, 0.1) is 0 Å². The van der Waals surface area contributed by atoms with Crippen LogP contribution in [0, 0.1) is 5.82 Å². The zero-order chi connectivity index (χ0) is 9.97. The lowest BCUT2D eigenvalue weighted by Gasteiger charge is -2.08. The van der Waals surface area contributed by atoms with Gasteiger partial charge < -0.3 is 4.90 Å². The van der Waals surface area contributed by atoms with Crippen LogP contribution in [0.15, 0.2) is 30.3 Å². The summed E-state index contributed by atoms with van der Waals surface area (Å²) in [5.41, 5.74) is 2.06. The van der Waals surface area contributed by atoms with Crippen molar-refractivity contribution in [2.24, 2.45) is 0 Å². The normalized spacial score (nSPS) is 15.5. The molecule has 0 unspecified atom stereocenters. The minimum Gasteiger partial charge on any atom is -0.337 e. The summed E-state index contributed by atoms with van der Waals surface area (Å²) in [7, 11) is 0. The first-order valence-corrected chi connectivity index (χ1v) is 4.44. The van der Waals surface area contributed by atoms with Crippen molar-refractivity contribution in [2.75, 3.05) is 13.1 Å². The monoisotopic (exact) mass is 191 g/mol. The molecule has 1 amide bonds. The average Bonchev–Trinajstić information content (AvgIpc) is 2.67. The van der Waals surface area contributed by atoms with E-state index in [9.17, 15) is 9.18 Å². The third-order valence-corrected chi connectivity index (χ3v) is 2.31. The van der Waals surface area contributed by atoms with Crippen molar-refractivity contribution in [2.45, 2.75) is 0 Å². The summed E-state index contributed by atoms with van der Waals surface area (Å²) < 4.78 is 12.6. The second kappa shape index (κ2) is 3.62. The zero-order valence-corrected chi connectivity index (χ0v) is 7.61. The summed E-state index contributed by atoms with van der Waals surface area (Å²) in [6.45, 7) is 1.27. The van der Waals surface area contributed by atoms with Crippen molar-refractivity contribution in [3.05, 3.63) is 41.7 Å². The lowest BCUT2D eigenvalue weighted by molar-refractivity contribution is -0.116. The molecule has 1 aliphatic heterocycles. The molecule has 0 saturated heterocycles. The Morgan fingerprint density at radius 3 is 2.57 bits per heavy atom. The molecule has 0 aliphatic carbocycles. The van der Waals surface area contributed by atoms with Crippen LogP contribution in [0.4, 0.5) is 4.39 Å². The first kappa shape index (κ1) is 8.94. The number of carbonyl (C=O) groups excluding carboxylic acids is 1. The lowest BCUT2D eigenvalue weighted by Crippen LogP contribution is -2.17. The molecule has 0 fully saturated rings. The highest BCUT2D eigenvalue weighted by molar-refractivity contribution is 5.72. The molecule has 1 heterocycles. The van der Waals surface area contributed by atoms with Gasteiger partial charge in [0.15, 0.2) is 0 Å². The number of rotatable bonds is 2. The minimum atomic E-state index is -0.236. The van der Waals surface area contributed by atoms with Gasteiger partial charge in [0.25, 0.3) is 0 Å². The van der Waals surface area contributed by atoms with Gasteiger partial charge in [0.2, 0.25) is 6.41 Å². The third kappa shape index (κ3) is 1.66. The van der Waals surface area contributed by atoms with Crippen molar-refractivity contribution >= 4 is 12.0 Å². The average molecular weight is 191 g/mol. The van der Waals surface area contributed by atoms with Crippen LogP contribution in [0.3, 0.4) is 0 Å². The quantitative estimate of drug-likeness (QED) is 0.651. The van der Waals surface area contributed by atoms with E-state index in [2.05, 4.69) is 0 Å². The zero-order valence-electron chi connectivity index (χ0n) is 7.61. The fourth-order valence-electron chi connectivity index (χ4n) is 1.53. The van der Waals surface area contributed by atoms with Gasteiger partial charge >= 0.3 is 0 Å². The van der Waals surface area contributed by atoms with Crippen LogP contribution in [0.25, 0.3) is 5.57 Å². The Morgan fingerprint density at radius 1 is 1.29 bits per heavy atom. The highest BCUT2D eigenvalue weighted by Gasteiger charge is 2.12. The predicted molar refractivity (Wildman–Crippen MR) is 52.0 cm³/mol. The Balaban J connectivity index is 2.17. The molecular formula is C11H10FNO. The van der Waals surface area contributed by atoms with Crippen LogP contribution in [0.5, 0.6) is 0 Å². The maximum Gasteiger partial charge on any atom is 0.210 e. The highest BCUT2D eigenvalue weighted by Crippen LogP contribution is 2.19. The number of hydrogen-bond acceptors (Lipinski definition) is 1. The maximum atomic E-state index is 12.6. The van der Waals surface area contributed by atoms with E-state index < -0.39 is 0 Å². The number of benzene rings is 1. The van der Waals surface area contributed by atoms with Gasteiger partial charge in [-0.3, -0.25) is 4.79 Å². The van der Waals surface area contributed by atoms with E-state index in [0.29, 0.717) is 13.1 Å². The van der Waals surface area contributed by atoms with Gasteiger partial charge in [0.1, 0.15) is 5.82 Å². The van der Waals surface area contributed by atoms with Crippen LogP contribution < -0.4 is 0 Å². The second-order valence-electron chi connectivity index (χ2n) is 3.27. The Labute approximate surface area is 81.6 Å². The minimum absolute atomic E-state index is 0.236. The standard InChI is InChI=1S/C11H10FNO/c12-11-3-1-9(2-4-11)10-5-6-13(7-10)8-14/h1-5,8H,6-7H2. The molecule has 1 aromatic carbocycles. The van der Waals surface area contributed by atoms with E-state index in [0.717, 1.165) is 17.5 Å². The summed E-state index contributed by atoms with van der Waals surface area (Å²) in [6, 6.07) is 6.32. The number of amides is 1. The number of halogens is 1. The molecule has 0 aromatic heterocycles. The number of nitrogens with zero attached hydrogens (tertiary/aromatic N) is 1. The first-order valence-electron chi connectivity index (χ1n) is 4.44. The number of carbonyl (C=O) groups is 1. The van der Waals surface area contributed by atoms with Gasteiger partial charge in [-0.05, 0) is 23.3 Å². The Bertz CT molecular complexity index is 369. The SMILES string of the molecule is O=CN1CC=C(c2ccc(F)cc2)C1. The van der Waals surface area contributed by atoms with Gasteiger partial charge in [-0.2, -0.15) is 0 Å². The highest BCUT2D eigenvalue weighted by atomic mass is 19.1. The largest absolute Gasteiger partial charge is 0.337 e. The summed E-state index contributed by atoms with van der Waals surface area (Å²) in [6.07, 6.45) is 2.81. The molecule has 1 aliphatic rings. The van der Waals surface area contributed by atoms with E-state index in [4.69, 9.17) is 0 Å². The molecule has 2 rings (SSSR count). The van der Waals surface area contributed by atoms with Gasteiger partial charge in [0, 0.05) is 13.1 Å². The summed E-state index contributed by atoms with van der Waals surface area (Å²) in [5.74, 6) is -0.236. The summed E-state index contributed by atoms with van der Waals surface area (Å²) >= 11 is 0. The van der Waals surface area contributed by atoms with E-state index >= 15 is 0 Å². The molecular weight excluding hydrogens is 181 g/mol. The molecule has 1 aromatic rings. The Hall–Kier alpha value is -1.64. The molecule has 0 bridgehead atoms. The topological polar surface area (TPSA) is 20.3 Å². The molecule has 0 radical (unpaired) electrons. The summed E-state index contributed by atoms with van der Waals surface area (Å²) in [5, 5.41) is 0. The Morgan fingerprint density at radius 2 is 2.00 bits per heavy atom. The molecule has 0 saturated carbocycles. The third-order valence-electron chi connectivity index (χ3n) is 2.31. The predicted octanol–water partition coefficient (Wildman–Crippen LogP) is 1.68. The molecule has 0 spiro atoms. The van der Waals surface area contributed by atoms with Crippen molar-refractivity contribution in [1.29, 1.82) is 0 Å². The summed E-state index contributed by atoms with van der Waals surface area (Å²) in [4.78, 5) is 12.1. The first-order chi connectivity index (χ1) is 6.79. The van der Waals surface area contributed by atoms with Crippen molar-refractivity contribution < 1.29 is 9.18 Å². The van der Waals surface area contributed by atoms with Crippen LogP contribution in [0.2, 0.25) is 0 Å². The fraction of sp³-hybridized carbons (Fsp3) is 0.182. The fourth-order valence-corrected chi connectivity index (χ4v) is 1.53. The molecule has 72 valence electrons. The maximum absolute atomic E-state index is 12.6. The van der Waals surface area contributed by atoms with Gasteiger partial charge in [-0.15, -0.1) is 0 Å². The second-order valence-corrected chi connectivity index (χ2v) is 3.27. The van der Waals surface area contributed by atoms with Crippen molar-refractivity contribution in [3.63, 3.8) is 0 Å². The van der Waals surface area contributed by atoms with E-state index in [1.807, 2.05) is 6.08 Å². The van der Waals surface area contributed by atoms with E-state index in [-0.39, 0.29) is 5.82 Å². The van der Waals surface area contributed by atoms with E-state index in [1.54, 1.807) is 17.0 Å².